The van der Waals surface area contributed by atoms with Crippen molar-refractivity contribution in [3.8, 4) is 0 Å². The second kappa shape index (κ2) is 62.2. The summed E-state index contributed by atoms with van der Waals surface area (Å²) in [5.74, 6) is -0.199. The third kappa shape index (κ3) is 64.2. The van der Waals surface area contributed by atoms with Crippen molar-refractivity contribution in [1.82, 2.24) is 5.32 Å². The molecule has 0 aliphatic heterocycles. The zero-order chi connectivity index (χ0) is 59.8. The van der Waals surface area contributed by atoms with Crippen LogP contribution in [0.1, 0.15) is 271 Å². The van der Waals surface area contributed by atoms with Gasteiger partial charge in [0.15, 0.2) is 0 Å². The van der Waals surface area contributed by atoms with Gasteiger partial charge in [-0.15, -0.1) is 0 Å². The van der Waals surface area contributed by atoms with Crippen molar-refractivity contribution < 1.29 is 32.9 Å². The SMILES string of the molecule is CC/C=C\C/C=C\C/C=C\C/C=C\C/C=C\C/C=C\C/C=C\C/C=C\C/C=C\C/C=C\C/C=C\CCCCCC(=O)NC(COP(=O)([O-])OCC[N+](C)(C)C)C(O)CCCCCCCCCCCCCCCCCCCCCCCCC. The number of carbonyl (C=O) groups excluding carboxylic acids is 1. The van der Waals surface area contributed by atoms with Gasteiger partial charge in [0, 0.05) is 6.42 Å². The highest BCUT2D eigenvalue weighted by molar-refractivity contribution is 7.45. The molecule has 9 heteroatoms. The van der Waals surface area contributed by atoms with Gasteiger partial charge >= 0.3 is 0 Å². The summed E-state index contributed by atoms with van der Waals surface area (Å²) in [6.07, 6.45) is 93.7. The number of aliphatic hydroxyl groups is 1. The molecule has 0 saturated carbocycles. The fourth-order valence-electron chi connectivity index (χ4n) is 9.22. The van der Waals surface area contributed by atoms with E-state index in [0.717, 1.165) is 116 Å². The lowest BCUT2D eigenvalue weighted by atomic mass is 10.0. The number of nitrogens with one attached hydrogen (secondary N) is 1. The van der Waals surface area contributed by atoms with Crippen molar-refractivity contribution in [2.24, 2.45) is 0 Å². The minimum absolute atomic E-state index is 0.00132. The molecule has 82 heavy (non-hydrogen) atoms. The molecular formula is C73H127N2O6P. The largest absolute Gasteiger partial charge is 0.756 e. The molecule has 0 aromatic carbocycles. The zero-order valence-corrected chi connectivity index (χ0v) is 54.5. The second-order valence-electron chi connectivity index (χ2n) is 23.4. The number of carbonyl (C=O) groups is 1. The number of phosphoric acid groups is 1. The van der Waals surface area contributed by atoms with Crippen molar-refractivity contribution in [2.75, 3.05) is 40.9 Å². The summed E-state index contributed by atoms with van der Waals surface area (Å²) in [5, 5.41) is 14.1. The van der Waals surface area contributed by atoms with Crippen LogP contribution in [0.3, 0.4) is 0 Å². The average Bonchev–Trinajstić information content (AvgIpc) is 3.47. The van der Waals surface area contributed by atoms with Crippen LogP contribution in [0, 0.1) is 0 Å². The van der Waals surface area contributed by atoms with E-state index in [0.29, 0.717) is 23.9 Å². The maximum absolute atomic E-state index is 13.0. The highest BCUT2D eigenvalue weighted by Gasteiger charge is 2.24. The van der Waals surface area contributed by atoms with Crippen LogP contribution in [0.25, 0.3) is 0 Å². The van der Waals surface area contributed by atoms with E-state index < -0.39 is 20.0 Å². The van der Waals surface area contributed by atoms with Gasteiger partial charge in [0.05, 0.1) is 39.9 Å². The third-order valence-electron chi connectivity index (χ3n) is 14.4. The number of hydrogen-bond acceptors (Lipinski definition) is 6. The first-order valence-electron chi connectivity index (χ1n) is 33.5. The van der Waals surface area contributed by atoms with Gasteiger partial charge in [-0.2, -0.15) is 0 Å². The van der Waals surface area contributed by atoms with Gasteiger partial charge in [0.1, 0.15) is 13.2 Å². The van der Waals surface area contributed by atoms with Gasteiger partial charge in [0.2, 0.25) is 5.91 Å². The number of unbranched alkanes of at least 4 members (excludes halogenated alkanes) is 25. The smallest absolute Gasteiger partial charge is 0.268 e. The molecule has 0 aliphatic rings. The summed E-state index contributed by atoms with van der Waals surface area (Å²) in [6.45, 7) is 4.59. The standard InChI is InChI=1S/C73H127N2O6P/c1-6-8-10-12-14-16-18-20-22-24-26-28-30-31-32-33-34-35-36-37-38-39-40-41-42-43-45-47-49-51-53-55-57-59-61-63-65-67-73(77)74-71(70-81-82(78,79)80-69-68-75(3,4)5)72(76)66-64-62-60-58-56-54-52-50-48-46-44-29-27-25-23-21-19-17-15-13-11-9-7-2/h8,10,14,16,20,22,26,28,31-32,34-35,37-38,40-41,43,45,49,51,55,57,71-72,76H,6-7,9,11-13,15,17-19,21,23-25,27,29-30,33,36,39,42,44,46-48,50,52-54,56,58-70H2,1-5H3,(H-,74,77,78,79)/b10-8-,16-14-,22-20-,28-26-,32-31-,35-34-,38-37-,41-40-,45-43-,51-49-,57-55-. The predicted molar refractivity (Wildman–Crippen MR) is 357 cm³/mol. The van der Waals surface area contributed by atoms with Gasteiger partial charge < -0.3 is 28.8 Å². The molecule has 0 radical (unpaired) electrons. The third-order valence-corrected chi connectivity index (χ3v) is 15.4. The number of allylic oxidation sites excluding steroid dienone is 22. The molecule has 0 fully saturated rings. The Bertz CT molecular complexity index is 1800. The quantitative estimate of drug-likeness (QED) is 0.0272. The first-order valence-corrected chi connectivity index (χ1v) is 35.0. The highest BCUT2D eigenvalue weighted by Crippen LogP contribution is 2.38. The fourth-order valence-corrected chi connectivity index (χ4v) is 9.95. The Balaban J connectivity index is 4.21. The number of phosphoric ester groups is 1. The Hall–Kier alpha value is -3.36. The number of quaternary nitrogens is 1. The molecule has 0 bridgehead atoms. The number of likely N-dealkylation sites (N-methyl/N-ethyl adjacent to an activating group) is 1. The predicted octanol–water partition coefficient (Wildman–Crippen LogP) is 20.8. The molecule has 0 aromatic heterocycles. The van der Waals surface area contributed by atoms with E-state index in [1.165, 1.54) is 128 Å². The molecule has 0 aliphatic carbocycles. The molecule has 3 atom stereocenters. The van der Waals surface area contributed by atoms with Gasteiger partial charge in [-0.3, -0.25) is 9.36 Å². The average molecular weight is 1160 g/mol. The van der Waals surface area contributed by atoms with Gasteiger partial charge in [0.25, 0.3) is 7.82 Å². The minimum Gasteiger partial charge on any atom is -0.756 e. The molecule has 0 saturated heterocycles. The van der Waals surface area contributed by atoms with E-state index in [2.05, 4.69) is 153 Å². The van der Waals surface area contributed by atoms with Crippen LogP contribution in [-0.2, 0) is 18.4 Å². The lowest BCUT2D eigenvalue weighted by Gasteiger charge is -2.30. The first kappa shape index (κ1) is 78.6. The highest BCUT2D eigenvalue weighted by atomic mass is 31.2. The Morgan fingerprint density at radius 1 is 0.439 bits per heavy atom. The summed E-state index contributed by atoms with van der Waals surface area (Å²) in [7, 11) is 1.27. The molecule has 470 valence electrons. The van der Waals surface area contributed by atoms with E-state index in [1.807, 2.05) is 21.1 Å². The molecule has 0 spiro atoms. The molecule has 0 rings (SSSR count). The maximum atomic E-state index is 13.0. The van der Waals surface area contributed by atoms with E-state index >= 15 is 0 Å². The number of amides is 1. The van der Waals surface area contributed by atoms with Crippen LogP contribution in [0.4, 0.5) is 0 Å². The summed E-state index contributed by atoms with van der Waals surface area (Å²) in [5.41, 5.74) is 0. The molecule has 2 N–H and O–H groups in total. The minimum atomic E-state index is -4.60. The molecule has 0 heterocycles. The lowest BCUT2D eigenvalue weighted by Crippen LogP contribution is -2.46. The van der Waals surface area contributed by atoms with E-state index in [9.17, 15) is 19.4 Å². The van der Waals surface area contributed by atoms with Crippen molar-refractivity contribution in [1.29, 1.82) is 0 Å². The van der Waals surface area contributed by atoms with E-state index in [4.69, 9.17) is 9.05 Å². The molecule has 0 aromatic rings. The normalized spacial score (nSPS) is 14.6. The van der Waals surface area contributed by atoms with Crippen molar-refractivity contribution in [3.05, 3.63) is 134 Å². The van der Waals surface area contributed by atoms with E-state index in [1.54, 1.807) is 0 Å². The van der Waals surface area contributed by atoms with Crippen LogP contribution in [0.2, 0.25) is 0 Å². The Labute approximate surface area is 506 Å². The van der Waals surface area contributed by atoms with Crippen molar-refractivity contribution >= 4 is 13.7 Å². The topological polar surface area (TPSA) is 108 Å². The van der Waals surface area contributed by atoms with Crippen LogP contribution in [-0.4, -0.2) is 68.5 Å². The van der Waals surface area contributed by atoms with Crippen LogP contribution in [0.15, 0.2) is 134 Å². The van der Waals surface area contributed by atoms with Crippen LogP contribution in [0.5, 0.6) is 0 Å². The Morgan fingerprint density at radius 3 is 1.07 bits per heavy atom. The summed E-state index contributed by atoms with van der Waals surface area (Å²) in [4.78, 5) is 25.6. The molecule has 1 amide bonds. The van der Waals surface area contributed by atoms with E-state index in [-0.39, 0.29) is 19.1 Å². The Kier molecular flexibility index (Phi) is 59.6. The van der Waals surface area contributed by atoms with Gasteiger partial charge in [-0.1, -0.05) is 302 Å². The molecule has 3 unspecified atom stereocenters. The van der Waals surface area contributed by atoms with Crippen molar-refractivity contribution in [2.45, 2.75) is 283 Å². The molecular weight excluding hydrogens is 1030 g/mol. The van der Waals surface area contributed by atoms with Gasteiger partial charge in [-0.25, -0.2) is 0 Å². The summed E-state index contributed by atoms with van der Waals surface area (Å²) in [6, 6.07) is -0.830. The lowest BCUT2D eigenvalue weighted by molar-refractivity contribution is -0.870. The fraction of sp³-hybridized carbons (Fsp3) is 0.685. The van der Waals surface area contributed by atoms with Crippen molar-refractivity contribution in [3.63, 3.8) is 0 Å². The van der Waals surface area contributed by atoms with Gasteiger partial charge in [-0.05, 0) is 96.3 Å². The number of hydrogen-bond donors (Lipinski definition) is 2. The summed E-state index contributed by atoms with van der Waals surface area (Å²) < 4.78 is 23.5. The molecule has 8 nitrogen and oxygen atoms in total. The number of rotatable bonds is 60. The summed E-state index contributed by atoms with van der Waals surface area (Å²) >= 11 is 0. The second-order valence-corrected chi connectivity index (χ2v) is 24.9. The van der Waals surface area contributed by atoms with Crippen LogP contribution >= 0.6 is 7.82 Å². The number of nitrogens with zero attached hydrogens (tertiary/aromatic N) is 1. The first-order chi connectivity index (χ1) is 40.0. The monoisotopic (exact) mass is 1160 g/mol. The maximum Gasteiger partial charge on any atom is 0.268 e. The Morgan fingerprint density at radius 2 is 0.744 bits per heavy atom. The van der Waals surface area contributed by atoms with Crippen LogP contribution < -0.4 is 10.2 Å². The number of aliphatic hydroxyl groups excluding tert-OH is 1. The zero-order valence-electron chi connectivity index (χ0n) is 53.6.